The van der Waals surface area contributed by atoms with Gasteiger partial charge in [-0.3, -0.25) is 14.4 Å². The van der Waals surface area contributed by atoms with Gasteiger partial charge in [0.05, 0.1) is 30.6 Å². The summed E-state index contributed by atoms with van der Waals surface area (Å²) < 4.78 is 7.63. The van der Waals surface area contributed by atoms with E-state index < -0.39 is 5.91 Å². The zero-order valence-electron chi connectivity index (χ0n) is 19.8. The molecule has 8 nitrogen and oxygen atoms in total. The Labute approximate surface area is 194 Å². The van der Waals surface area contributed by atoms with Gasteiger partial charge in [0.2, 0.25) is 0 Å². The first-order valence-electron chi connectivity index (χ1n) is 11.4. The molecule has 1 aromatic carbocycles. The van der Waals surface area contributed by atoms with Crippen molar-refractivity contribution in [1.29, 1.82) is 0 Å². The van der Waals surface area contributed by atoms with Gasteiger partial charge in [0.25, 0.3) is 5.91 Å². The smallest absolute Gasteiger partial charge is 0.252 e. The molecule has 1 aliphatic heterocycles. The highest BCUT2D eigenvalue weighted by molar-refractivity contribution is 5.93. The lowest BCUT2D eigenvalue weighted by Crippen LogP contribution is -2.34. The van der Waals surface area contributed by atoms with Crippen LogP contribution in [-0.4, -0.2) is 50.8 Å². The summed E-state index contributed by atoms with van der Waals surface area (Å²) in [7, 11) is 1.71. The first-order valence-corrected chi connectivity index (χ1v) is 11.4. The normalized spacial score (nSPS) is 16.7. The monoisotopic (exact) mass is 448 g/mol. The Bertz CT molecular complexity index is 1160. The van der Waals surface area contributed by atoms with Gasteiger partial charge in [0.15, 0.2) is 0 Å². The molecule has 2 N–H and O–H groups in total. The van der Waals surface area contributed by atoms with Gasteiger partial charge < -0.3 is 10.5 Å². The molecular weight excluding hydrogens is 416 g/mol. The number of nitrogens with zero attached hydrogens (tertiary/aromatic N) is 5. The zero-order valence-corrected chi connectivity index (χ0v) is 19.8. The van der Waals surface area contributed by atoms with E-state index in [4.69, 9.17) is 10.5 Å². The fraction of sp³-hybridized carbons (Fsp3) is 0.440. The molecule has 0 saturated carbocycles. The molecule has 1 saturated heterocycles. The third-order valence-corrected chi connectivity index (χ3v) is 6.31. The maximum atomic E-state index is 11.5. The molecule has 0 radical (unpaired) electrons. The summed E-state index contributed by atoms with van der Waals surface area (Å²) in [6, 6.07) is 8.49. The Balaban J connectivity index is 1.48. The molecule has 0 bridgehead atoms. The quantitative estimate of drug-likeness (QED) is 0.596. The van der Waals surface area contributed by atoms with Crippen LogP contribution >= 0.6 is 0 Å². The lowest BCUT2D eigenvalue weighted by Gasteiger charge is -2.32. The molecule has 1 fully saturated rings. The van der Waals surface area contributed by atoms with Crippen LogP contribution in [-0.2, 0) is 13.1 Å². The van der Waals surface area contributed by atoms with Crippen molar-refractivity contribution in [3.63, 3.8) is 0 Å². The van der Waals surface area contributed by atoms with Crippen molar-refractivity contribution in [2.24, 2.45) is 5.73 Å². The Hall–Kier alpha value is -3.26. The van der Waals surface area contributed by atoms with Gasteiger partial charge in [-0.1, -0.05) is 6.07 Å². The van der Waals surface area contributed by atoms with Gasteiger partial charge in [-0.2, -0.15) is 5.10 Å². The number of aromatic nitrogens is 4. The number of hydrogen-bond donors (Lipinski definition) is 1. The van der Waals surface area contributed by atoms with Crippen LogP contribution in [0.3, 0.4) is 0 Å². The van der Waals surface area contributed by atoms with Crippen molar-refractivity contribution in [3.05, 3.63) is 70.1 Å². The van der Waals surface area contributed by atoms with Crippen molar-refractivity contribution < 1.29 is 9.53 Å². The topological polar surface area (TPSA) is 99.2 Å². The molecule has 3 heterocycles. The third-order valence-electron chi connectivity index (χ3n) is 6.31. The number of ether oxygens (including phenoxy) is 1. The molecule has 4 rings (SSSR count). The highest BCUT2D eigenvalue weighted by atomic mass is 16.5. The van der Waals surface area contributed by atoms with Crippen molar-refractivity contribution in [2.75, 3.05) is 20.2 Å². The minimum Gasteiger partial charge on any atom is -0.496 e. The number of nitrogens with two attached hydrogens (primary N) is 1. The lowest BCUT2D eigenvalue weighted by molar-refractivity contribution is 0.0998. The number of hydrogen-bond acceptors (Lipinski definition) is 6. The second kappa shape index (κ2) is 9.70. The van der Waals surface area contributed by atoms with Crippen LogP contribution in [0, 0.1) is 20.8 Å². The minimum atomic E-state index is -0.486. The number of carbonyl (C=O) groups is 1. The minimum absolute atomic E-state index is 0.242. The summed E-state index contributed by atoms with van der Waals surface area (Å²) in [6.07, 6.45) is 3.69. The number of benzene rings is 1. The van der Waals surface area contributed by atoms with Crippen molar-refractivity contribution >= 4 is 5.91 Å². The number of aryl methyl sites for hydroxylation is 3. The number of likely N-dealkylation sites (tertiary alicyclic amines) is 1. The molecule has 1 amide bonds. The van der Waals surface area contributed by atoms with E-state index in [2.05, 4.69) is 45.1 Å². The molecule has 174 valence electrons. The van der Waals surface area contributed by atoms with E-state index in [0.29, 0.717) is 17.8 Å². The number of carbonyl (C=O) groups excluding carboxylic acids is 1. The zero-order chi connectivity index (χ0) is 23.5. The Kier molecular flexibility index (Phi) is 6.74. The molecule has 1 aliphatic rings. The Morgan fingerprint density at radius 1 is 1.21 bits per heavy atom. The van der Waals surface area contributed by atoms with Gasteiger partial charge in [-0.15, -0.1) is 0 Å². The van der Waals surface area contributed by atoms with E-state index in [-0.39, 0.29) is 5.92 Å². The number of amides is 1. The molecule has 0 aliphatic carbocycles. The number of rotatable bonds is 7. The van der Waals surface area contributed by atoms with E-state index in [9.17, 15) is 4.79 Å². The van der Waals surface area contributed by atoms with E-state index in [1.807, 2.05) is 24.6 Å². The second-order valence-electron chi connectivity index (χ2n) is 8.90. The molecule has 8 heteroatoms. The standard InChI is InChI=1S/C25H32N6O2/c1-16-10-17(2)31(29-16)15-21-11-19(7-8-23(21)33-4)13-30-9-5-6-20(14-30)25-27-12-22(24(26)32)18(3)28-25/h7-8,10-12,20H,5-6,9,13-15H2,1-4H3,(H2,26,32)/t20-/m0/s1. The van der Waals surface area contributed by atoms with E-state index in [1.165, 1.54) is 5.56 Å². The number of methoxy groups -OCH3 is 1. The summed E-state index contributed by atoms with van der Waals surface area (Å²) in [6.45, 7) is 9.34. The van der Waals surface area contributed by atoms with Crippen LogP contribution in [0.25, 0.3) is 0 Å². The van der Waals surface area contributed by atoms with E-state index in [1.54, 1.807) is 13.3 Å². The summed E-state index contributed by atoms with van der Waals surface area (Å²) in [5.74, 6) is 1.43. The fourth-order valence-corrected chi connectivity index (χ4v) is 4.64. The third kappa shape index (κ3) is 5.22. The summed E-state index contributed by atoms with van der Waals surface area (Å²) in [4.78, 5) is 23.0. The first kappa shape index (κ1) is 22.9. The first-order chi connectivity index (χ1) is 15.8. The molecule has 33 heavy (non-hydrogen) atoms. The van der Waals surface area contributed by atoms with Gasteiger partial charge in [0.1, 0.15) is 11.6 Å². The van der Waals surface area contributed by atoms with Gasteiger partial charge >= 0.3 is 0 Å². The van der Waals surface area contributed by atoms with Crippen molar-refractivity contribution in [3.8, 4) is 5.75 Å². The van der Waals surface area contributed by atoms with Crippen molar-refractivity contribution in [1.82, 2.24) is 24.6 Å². The largest absolute Gasteiger partial charge is 0.496 e. The van der Waals surface area contributed by atoms with Gasteiger partial charge in [-0.05, 0) is 63.9 Å². The Morgan fingerprint density at radius 3 is 2.70 bits per heavy atom. The average molecular weight is 449 g/mol. The van der Waals surface area contributed by atoms with Crippen LogP contribution in [0.5, 0.6) is 5.75 Å². The van der Waals surface area contributed by atoms with Crippen LogP contribution in [0.15, 0.2) is 30.5 Å². The molecule has 1 atom stereocenters. The molecule has 0 spiro atoms. The molecule has 3 aromatic rings. The summed E-state index contributed by atoms with van der Waals surface area (Å²) in [5.41, 5.74) is 11.0. The SMILES string of the molecule is COc1ccc(CN2CCC[C@H](c3ncc(C(N)=O)c(C)n3)C2)cc1Cn1nc(C)cc1C. The molecule has 0 unspecified atom stereocenters. The highest BCUT2D eigenvalue weighted by Crippen LogP contribution is 2.27. The van der Waals surface area contributed by atoms with E-state index in [0.717, 1.165) is 61.0 Å². The number of primary amides is 1. The highest BCUT2D eigenvalue weighted by Gasteiger charge is 2.24. The maximum absolute atomic E-state index is 11.5. The van der Waals surface area contributed by atoms with Crippen LogP contribution < -0.4 is 10.5 Å². The van der Waals surface area contributed by atoms with E-state index >= 15 is 0 Å². The predicted octanol–water partition coefficient (Wildman–Crippen LogP) is 3.13. The Morgan fingerprint density at radius 2 is 2.03 bits per heavy atom. The van der Waals surface area contributed by atoms with Crippen LogP contribution in [0.2, 0.25) is 0 Å². The van der Waals surface area contributed by atoms with Crippen LogP contribution in [0.4, 0.5) is 0 Å². The lowest BCUT2D eigenvalue weighted by atomic mass is 9.96. The predicted molar refractivity (Wildman–Crippen MR) is 126 cm³/mol. The van der Waals surface area contributed by atoms with Gasteiger partial charge in [-0.25, -0.2) is 9.97 Å². The fourth-order valence-electron chi connectivity index (χ4n) is 4.64. The average Bonchev–Trinajstić information content (AvgIpc) is 3.10. The summed E-state index contributed by atoms with van der Waals surface area (Å²) >= 11 is 0. The number of piperidine rings is 1. The van der Waals surface area contributed by atoms with Crippen molar-refractivity contribution in [2.45, 2.75) is 52.6 Å². The molecular formula is C25H32N6O2. The summed E-state index contributed by atoms with van der Waals surface area (Å²) in [5, 5.41) is 4.60. The maximum Gasteiger partial charge on any atom is 0.252 e. The second-order valence-corrected chi connectivity index (χ2v) is 8.90. The van der Waals surface area contributed by atoms with Crippen LogP contribution in [0.1, 0.15) is 63.2 Å². The molecule has 2 aromatic heterocycles. The van der Waals surface area contributed by atoms with Gasteiger partial charge in [0, 0.05) is 36.5 Å².